The summed E-state index contributed by atoms with van der Waals surface area (Å²) >= 11 is 0. The van der Waals surface area contributed by atoms with Crippen molar-refractivity contribution in [3.63, 3.8) is 0 Å². The van der Waals surface area contributed by atoms with Crippen molar-refractivity contribution >= 4 is 22.6 Å². The van der Waals surface area contributed by atoms with Crippen LogP contribution in [0.3, 0.4) is 0 Å². The zero-order chi connectivity index (χ0) is 18.4. The first-order chi connectivity index (χ1) is 12.7. The molecule has 1 heterocycles. The highest BCUT2D eigenvalue weighted by Gasteiger charge is 2.18. The SMILES string of the molecule is CCOC(=O)C(Cc1cn(OCc2ccccc2)c2ccccc12)=NO. The van der Waals surface area contributed by atoms with E-state index in [1.165, 1.54) is 0 Å². The quantitative estimate of drug-likeness (QED) is 0.307. The standard InChI is InChI=1S/C20H20N2O4/c1-2-25-20(23)18(21-24)12-16-13-22(19-11-7-6-10-17(16)19)26-14-15-8-4-3-5-9-15/h3-11,13,24H,2,12,14H2,1H3. The van der Waals surface area contributed by atoms with Gasteiger partial charge in [0, 0.05) is 18.0 Å². The van der Waals surface area contributed by atoms with Crippen molar-refractivity contribution in [1.82, 2.24) is 4.73 Å². The van der Waals surface area contributed by atoms with Crippen LogP contribution in [0.15, 0.2) is 65.9 Å². The zero-order valence-electron chi connectivity index (χ0n) is 14.5. The van der Waals surface area contributed by atoms with E-state index in [0.717, 1.165) is 22.0 Å². The average Bonchev–Trinajstić information content (AvgIpc) is 3.03. The van der Waals surface area contributed by atoms with Gasteiger partial charge in [-0.2, -0.15) is 4.73 Å². The molecule has 3 rings (SSSR count). The molecule has 1 N–H and O–H groups in total. The number of hydrogen-bond donors (Lipinski definition) is 1. The molecule has 3 aromatic rings. The number of esters is 1. The van der Waals surface area contributed by atoms with E-state index in [1.807, 2.05) is 54.6 Å². The Hall–Kier alpha value is -3.28. The van der Waals surface area contributed by atoms with Crippen LogP contribution < -0.4 is 4.84 Å². The van der Waals surface area contributed by atoms with Crippen molar-refractivity contribution in [1.29, 1.82) is 0 Å². The van der Waals surface area contributed by atoms with Gasteiger partial charge in [0.2, 0.25) is 0 Å². The monoisotopic (exact) mass is 352 g/mol. The molecule has 26 heavy (non-hydrogen) atoms. The van der Waals surface area contributed by atoms with Gasteiger partial charge < -0.3 is 14.8 Å². The Bertz CT molecular complexity index is 916. The molecule has 0 bridgehead atoms. The smallest absolute Gasteiger partial charge is 0.356 e. The lowest BCUT2D eigenvalue weighted by molar-refractivity contribution is -0.135. The summed E-state index contributed by atoms with van der Waals surface area (Å²) in [5, 5.41) is 13.2. The van der Waals surface area contributed by atoms with Gasteiger partial charge in [-0.1, -0.05) is 53.7 Å². The predicted octanol–water partition coefficient (Wildman–Crippen LogP) is 3.21. The molecule has 0 spiro atoms. The van der Waals surface area contributed by atoms with Crippen molar-refractivity contribution < 1.29 is 19.6 Å². The first kappa shape index (κ1) is 17.5. The molecule has 0 atom stereocenters. The number of nitrogens with zero attached hydrogens (tertiary/aromatic N) is 2. The maximum Gasteiger partial charge on any atom is 0.356 e. The van der Waals surface area contributed by atoms with Gasteiger partial charge in [-0.05, 0) is 24.1 Å². The van der Waals surface area contributed by atoms with E-state index < -0.39 is 5.97 Å². The molecular weight excluding hydrogens is 332 g/mol. The van der Waals surface area contributed by atoms with E-state index in [1.54, 1.807) is 17.9 Å². The minimum atomic E-state index is -0.628. The third-order valence-electron chi connectivity index (χ3n) is 3.96. The molecule has 134 valence electrons. The summed E-state index contributed by atoms with van der Waals surface area (Å²) in [7, 11) is 0. The molecule has 0 radical (unpaired) electrons. The lowest BCUT2D eigenvalue weighted by atomic mass is 10.1. The number of hydrogen-bond acceptors (Lipinski definition) is 5. The highest BCUT2D eigenvalue weighted by atomic mass is 16.7. The number of rotatable bonds is 7. The molecule has 0 aliphatic heterocycles. The third kappa shape index (κ3) is 3.85. The van der Waals surface area contributed by atoms with Gasteiger partial charge in [-0.25, -0.2) is 4.79 Å². The Labute approximate surface area is 151 Å². The van der Waals surface area contributed by atoms with Crippen LogP contribution >= 0.6 is 0 Å². The van der Waals surface area contributed by atoms with Crippen LogP contribution in [-0.2, 0) is 22.6 Å². The van der Waals surface area contributed by atoms with Gasteiger partial charge in [0.15, 0.2) is 5.71 Å². The first-order valence-corrected chi connectivity index (χ1v) is 8.37. The average molecular weight is 352 g/mol. The number of carbonyl (C=O) groups is 1. The van der Waals surface area contributed by atoms with Crippen LogP contribution in [0.25, 0.3) is 10.9 Å². The third-order valence-corrected chi connectivity index (χ3v) is 3.96. The molecule has 0 saturated carbocycles. The van der Waals surface area contributed by atoms with Gasteiger partial charge in [-0.3, -0.25) is 0 Å². The van der Waals surface area contributed by atoms with Crippen LogP contribution in [-0.4, -0.2) is 28.2 Å². The highest BCUT2D eigenvalue weighted by Crippen LogP contribution is 2.22. The molecule has 1 aromatic heterocycles. The largest absolute Gasteiger partial charge is 0.461 e. The fourth-order valence-corrected chi connectivity index (χ4v) is 2.73. The number of aromatic nitrogens is 1. The maximum absolute atomic E-state index is 11.9. The van der Waals surface area contributed by atoms with Crippen LogP contribution in [0, 0.1) is 0 Å². The van der Waals surface area contributed by atoms with E-state index in [0.29, 0.717) is 6.61 Å². The molecule has 0 aliphatic carbocycles. The fraction of sp³-hybridized carbons (Fsp3) is 0.200. The second-order valence-corrected chi connectivity index (χ2v) is 5.70. The Morgan fingerprint density at radius 3 is 2.58 bits per heavy atom. The number of ether oxygens (including phenoxy) is 1. The van der Waals surface area contributed by atoms with E-state index in [9.17, 15) is 4.79 Å². The number of carbonyl (C=O) groups excluding carboxylic acids is 1. The van der Waals surface area contributed by atoms with Crippen LogP contribution in [0.1, 0.15) is 18.1 Å². The second-order valence-electron chi connectivity index (χ2n) is 5.70. The molecule has 0 saturated heterocycles. The highest BCUT2D eigenvalue weighted by molar-refractivity contribution is 6.37. The maximum atomic E-state index is 11.9. The number of fused-ring (bicyclic) bond motifs is 1. The number of benzene rings is 2. The fourth-order valence-electron chi connectivity index (χ4n) is 2.73. The summed E-state index contributed by atoms with van der Waals surface area (Å²) in [4.78, 5) is 17.8. The van der Waals surface area contributed by atoms with E-state index in [2.05, 4.69) is 5.16 Å². The van der Waals surface area contributed by atoms with Crippen LogP contribution in [0.4, 0.5) is 0 Å². The van der Waals surface area contributed by atoms with Crippen molar-refractivity contribution in [2.75, 3.05) is 6.61 Å². The van der Waals surface area contributed by atoms with E-state index in [4.69, 9.17) is 14.8 Å². The van der Waals surface area contributed by atoms with Gasteiger partial charge in [0.25, 0.3) is 0 Å². The molecule has 0 unspecified atom stereocenters. The molecule has 6 heteroatoms. The van der Waals surface area contributed by atoms with Crippen LogP contribution in [0.2, 0.25) is 0 Å². The van der Waals surface area contributed by atoms with Crippen molar-refractivity contribution in [2.45, 2.75) is 20.0 Å². The lowest BCUT2D eigenvalue weighted by Crippen LogP contribution is -2.20. The minimum absolute atomic E-state index is 0.0437. The Balaban J connectivity index is 1.86. The van der Waals surface area contributed by atoms with Gasteiger partial charge in [0.1, 0.15) is 6.61 Å². The van der Waals surface area contributed by atoms with E-state index in [-0.39, 0.29) is 18.7 Å². The second kappa shape index (κ2) is 8.20. The van der Waals surface area contributed by atoms with Crippen molar-refractivity contribution in [2.24, 2.45) is 5.16 Å². The molecule has 0 amide bonds. The first-order valence-electron chi connectivity index (χ1n) is 8.37. The molecule has 2 aromatic carbocycles. The summed E-state index contributed by atoms with van der Waals surface area (Å²) in [5.74, 6) is -0.628. The molecule has 0 fully saturated rings. The van der Waals surface area contributed by atoms with Crippen LogP contribution in [0.5, 0.6) is 0 Å². The van der Waals surface area contributed by atoms with Crippen molar-refractivity contribution in [3.05, 3.63) is 71.9 Å². The number of para-hydroxylation sites is 1. The molecular formula is C20H20N2O4. The zero-order valence-corrected chi connectivity index (χ0v) is 14.5. The lowest BCUT2D eigenvalue weighted by Gasteiger charge is -2.08. The van der Waals surface area contributed by atoms with E-state index >= 15 is 0 Å². The van der Waals surface area contributed by atoms with Crippen molar-refractivity contribution in [3.8, 4) is 0 Å². The Kier molecular flexibility index (Phi) is 5.53. The molecule has 0 aliphatic rings. The van der Waals surface area contributed by atoms with Gasteiger partial charge in [-0.15, -0.1) is 0 Å². The summed E-state index contributed by atoms with van der Waals surface area (Å²) in [5.41, 5.74) is 2.70. The Morgan fingerprint density at radius 1 is 1.12 bits per heavy atom. The minimum Gasteiger partial charge on any atom is -0.461 e. The topological polar surface area (TPSA) is 73.0 Å². The summed E-state index contributed by atoms with van der Waals surface area (Å²) < 4.78 is 6.60. The summed E-state index contributed by atoms with van der Waals surface area (Å²) in [6, 6.07) is 17.6. The van der Waals surface area contributed by atoms with Gasteiger partial charge in [0.05, 0.1) is 12.1 Å². The molecule has 6 nitrogen and oxygen atoms in total. The normalized spacial score (nSPS) is 11.5. The number of oxime groups is 1. The van der Waals surface area contributed by atoms with Gasteiger partial charge >= 0.3 is 5.97 Å². The summed E-state index contributed by atoms with van der Waals surface area (Å²) in [6.45, 7) is 2.34. The summed E-state index contributed by atoms with van der Waals surface area (Å²) in [6.07, 6.45) is 1.95. The predicted molar refractivity (Wildman–Crippen MR) is 98.2 cm³/mol. The Morgan fingerprint density at radius 2 is 1.85 bits per heavy atom.